The van der Waals surface area contributed by atoms with Crippen molar-refractivity contribution in [3.05, 3.63) is 0 Å². The van der Waals surface area contributed by atoms with Crippen LogP contribution in [0.3, 0.4) is 0 Å². The molecule has 0 saturated carbocycles. The first-order chi connectivity index (χ1) is 1.91. The SMILES string of the molecule is ClC[Se]Cl. The van der Waals surface area contributed by atoms with E-state index in [1.807, 2.05) is 0 Å². The van der Waals surface area contributed by atoms with Crippen molar-refractivity contribution in [2.75, 3.05) is 4.78 Å². The van der Waals surface area contributed by atoms with Gasteiger partial charge >= 0.3 is 40.5 Å². The van der Waals surface area contributed by atoms with E-state index in [-0.39, 0.29) is 14.0 Å². The first kappa shape index (κ1) is 5.10. The van der Waals surface area contributed by atoms with Crippen LogP contribution in [0.2, 0.25) is 0 Å². The van der Waals surface area contributed by atoms with Gasteiger partial charge in [0.05, 0.1) is 0 Å². The third kappa shape index (κ3) is 3.10. The number of alkyl halides is 1. The molecule has 0 heterocycles. The zero-order valence-corrected chi connectivity index (χ0v) is 5.10. The van der Waals surface area contributed by atoms with Gasteiger partial charge in [-0.2, -0.15) is 0 Å². The number of halogens is 2. The molecular formula is CH2Cl2Se. The predicted molar refractivity (Wildman–Crippen MR) is 22.3 cm³/mol. The molecule has 0 rings (SSSR count). The van der Waals surface area contributed by atoms with Crippen LogP contribution in [0.15, 0.2) is 0 Å². The second kappa shape index (κ2) is 4.10. The Labute approximate surface area is 40.9 Å². The number of hydrogen-bond donors (Lipinski definition) is 0. The molecule has 0 aliphatic heterocycles. The topological polar surface area (TPSA) is 0 Å². The van der Waals surface area contributed by atoms with Crippen LogP contribution in [-0.2, 0) is 0 Å². The predicted octanol–water partition coefficient (Wildman–Crippen LogP) is 1.04. The van der Waals surface area contributed by atoms with Gasteiger partial charge in [0.15, 0.2) is 0 Å². The van der Waals surface area contributed by atoms with Crippen molar-refractivity contribution in [3.8, 4) is 0 Å². The van der Waals surface area contributed by atoms with Crippen LogP contribution >= 0.6 is 21.7 Å². The van der Waals surface area contributed by atoms with Crippen molar-refractivity contribution in [1.29, 1.82) is 0 Å². The van der Waals surface area contributed by atoms with Crippen LogP contribution in [0.1, 0.15) is 0 Å². The molecular weight excluding hydrogens is 162 g/mol. The molecule has 0 nitrogen and oxygen atoms in total. The van der Waals surface area contributed by atoms with Crippen molar-refractivity contribution in [2.24, 2.45) is 0 Å². The quantitative estimate of drug-likeness (QED) is 0.401. The van der Waals surface area contributed by atoms with Gasteiger partial charge in [-0.15, -0.1) is 0 Å². The van der Waals surface area contributed by atoms with E-state index in [0.29, 0.717) is 4.78 Å². The summed E-state index contributed by atoms with van der Waals surface area (Å²) >= 11 is 5.24. The van der Waals surface area contributed by atoms with E-state index in [1.54, 1.807) is 0 Å². The molecule has 0 aliphatic carbocycles. The molecule has 0 saturated heterocycles. The summed E-state index contributed by atoms with van der Waals surface area (Å²) in [6.45, 7) is 0. The van der Waals surface area contributed by atoms with Crippen molar-refractivity contribution in [2.45, 2.75) is 0 Å². The van der Waals surface area contributed by atoms with Gasteiger partial charge < -0.3 is 0 Å². The Hall–Kier alpha value is 1.10. The summed E-state index contributed by atoms with van der Waals surface area (Å²) < 4.78 is 0.620. The van der Waals surface area contributed by atoms with Crippen LogP contribution in [0.5, 0.6) is 0 Å². The molecule has 26 valence electrons. The van der Waals surface area contributed by atoms with Gasteiger partial charge in [0.2, 0.25) is 0 Å². The van der Waals surface area contributed by atoms with Gasteiger partial charge in [0, 0.05) is 0 Å². The first-order valence-electron chi connectivity index (χ1n) is 0.710. The third-order valence-corrected chi connectivity index (χ3v) is 1.93. The van der Waals surface area contributed by atoms with Crippen LogP contribution in [-0.4, -0.2) is 18.8 Å². The zero-order valence-electron chi connectivity index (χ0n) is 1.87. The van der Waals surface area contributed by atoms with E-state index in [0.717, 1.165) is 0 Å². The Morgan fingerprint density at radius 2 is 2.00 bits per heavy atom. The zero-order chi connectivity index (χ0) is 3.41. The summed E-state index contributed by atoms with van der Waals surface area (Å²) in [5.74, 6) is 0. The van der Waals surface area contributed by atoms with Crippen molar-refractivity contribution in [1.82, 2.24) is 0 Å². The fourth-order valence-corrected chi connectivity index (χ4v) is 0. The maximum absolute atomic E-state index is 5.12. The van der Waals surface area contributed by atoms with Gasteiger partial charge in [-0.25, -0.2) is 0 Å². The Morgan fingerprint density at radius 1 is 1.75 bits per heavy atom. The average Bonchev–Trinajstić information content (AvgIpc) is 1.37. The van der Waals surface area contributed by atoms with Gasteiger partial charge in [-0.05, 0) is 0 Å². The second-order valence-electron chi connectivity index (χ2n) is 0.218. The summed E-state index contributed by atoms with van der Waals surface area (Å²) in [7, 11) is 5.12. The third-order valence-electron chi connectivity index (χ3n) is 0.0412. The van der Waals surface area contributed by atoms with Crippen LogP contribution in [0, 0.1) is 0 Å². The van der Waals surface area contributed by atoms with E-state index < -0.39 is 0 Å². The van der Waals surface area contributed by atoms with Crippen LogP contribution < -0.4 is 0 Å². The molecule has 0 spiro atoms. The standard InChI is InChI=1S/CH2Cl2Se/c2-1-4-3/h1H2. The van der Waals surface area contributed by atoms with Gasteiger partial charge in [-0.1, -0.05) is 0 Å². The van der Waals surface area contributed by atoms with E-state index >= 15 is 0 Å². The van der Waals surface area contributed by atoms with Gasteiger partial charge in [0.25, 0.3) is 0 Å². The van der Waals surface area contributed by atoms with Crippen LogP contribution in [0.25, 0.3) is 0 Å². The van der Waals surface area contributed by atoms with Crippen molar-refractivity contribution < 1.29 is 0 Å². The normalized spacial score (nSPS) is 7.50. The first-order valence-corrected chi connectivity index (χ1v) is 4.71. The maximum atomic E-state index is 5.12. The molecule has 3 heteroatoms. The minimum atomic E-state index is 0.154. The summed E-state index contributed by atoms with van der Waals surface area (Å²) in [5.41, 5.74) is 0. The molecule has 4 heavy (non-hydrogen) atoms. The summed E-state index contributed by atoms with van der Waals surface area (Å²) in [4.78, 5) is 0. The molecule has 0 radical (unpaired) electrons. The van der Waals surface area contributed by atoms with Gasteiger partial charge in [-0.3, -0.25) is 0 Å². The molecule has 0 bridgehead atoms. The van der Waals surface area contributed by atoms with E-state index in [9.17, 15) is 0 Å². The van der Waals surface area contributed by atoms with Crippen LogP contribution in [0.4, 0.5) is 0 Å². The second-order valence-corrected chi connectivity index (χ2v) is 3.40. The molecule has 0 aromatic heterocycles. The Bertz CT molecular complexity index is 8.00. The molecule has 0 amide bonds. The fraction of sp³-hybridized carbons (Fsp3) is 1.00. The molecule has 0 unspecified atom stereocenters. The number of hydrogen-bond acceptors (Lipinski definition) is 0. The van der Waals surface area contributed by atoms with E-state index in [1.165, 1.54) is 0 Å². The summed E-state index contributed by atoms with van der Waals surface area (Å²) in [6, 6.07) is 0. The summed E-state index contributed by atoms with van der Waals surface area (Å²) in [5, 5.41) is 0. The fourth-order valence-electron chi connectivity index (χ4n) is 0. The molecule has 0 aliphatic rings. The monoisotopic (exact) mass is 164 g/mol. The Balaban J connectivity index is 1.97. The Kier molecular flexibility index (Phi) is 5.23. The number of rotatable bonds is 1. The molecule has 0 aromatic rings. The van der Waals surface area contributed by atoms with E-state index in [4.69, 9.17) is 21.7 Å². The molecule has 0 N–H and O–H groups in total. The molecule has 0 atom stereocenters. The van der Waals surface area contributed by atoms with Gasteiger partial charge in [0.1, 0.15) is 0 Å². The molecule has 0 fully saturated rings. The minimum absolute atomic E-state index is 0.154. The van der Waals surface area contributed by atoms with Crippen molar-refractivity contribution >= 4 is 35.7 Å². The van der Waals surface area contributed by atoms with E-state index in [2.05, 4.69) is 0 Å². The Morgan fingerprint density at radius 3 is 2.00 bits per heavy atom. The molecule has 0 aromatic carbocycles. The summed E-state index contributed by atoms with van der Waals surface area (Å²) in [6.07, 6.45) is 0. The van der Waals surface area contributed by atoms with Crippen molar-refractivity contribution in [3.63, 3.8) is 0 Å². The average molecular weight is 164 g/mol.